The van der Waals surface area contributed by atoms with Crippen LogP contribution in [0, 0.1) is 0 Å². The van der Waals surface area contributed by atoms with E-state index in [0.717, 1.165) is 77.5 Å². The molecule has 0 rings (SSSR count). The van der Waals surface area contributed by atoms with Gasteiger partial charge in [-0.2, -0.15) is 0 Å². The van der Waals surface area contributed by atoms with Crippen molar-refractivity contribution in [3.05, 3.63) is 0 Å². The van der Waals surface area contributed by atoms with Crippen molar-refractivity contribution in [2.24, 2.45) is 0 Å². The number of hydrogen-bond acceptors (Lipinski definition) is 2. The van der Waals surface area contributed by atoms with Crippen LogP contribution < -0.4 is 0 Å². The third-order valence-electron chi connectivity index (χ3n) is 6.82. The molecule has 0 radical (unpaired) electrons. The van der Waals surface area contributed by atoms with Gasteiger partial charge in [-0.15, -0.1) is 0 Å². The van der Waals surface area contributed by atoms with Crippen LogP contribution in [0.2, 0.25) is 0 Å². The smallest absolute Gasteiger partial charge is 0.222 e. The fraction of sp³-hybridized carbons (Fsp3) is 0.938. The Bertz CT molecular complexity index is 409. The van der Waals surface area contributed by atoms with Crippen LogP contribution >= 0.6 is 0 Å². The monoisotopic (exact) mass is 511 g/mol. The largest absolute Gasteiger partial charge is 0.343 e. The lowest BCUT2D eigenvalue weighted by atomic mass is 10.1. The average molecular weight is 511 g/mol. The van der Waals surface area contributed by atoms with Crippen LogP contribution in [-0.2, 0) is 9.59 Å². The molecule has 36 heavy (non-hydrogen) atoms. The molecule has 4 heteroatoms. The molecule has 0 aliphatic heterocycles. The number of hydrogen-bond donors (Lipinski definition) is 0. The molecule has 2 amide bonds. The van der Waals surface area contributed by atoms with Crippen LogP contribution in [0.5, 0.6) is 0 Å². The molecule has 0 saturated carbocycles. The number of carbonyl (C=O) groups excluding carboxylic acids is 2. The number of nitrogens with zero attached hydrogens (tertiary/aromatic N) is 2. The van der Waals surface area contributed by atoms with Gasteiger partial charge in [-0.1, -0.05) is 119 Å². The van der Waals surface area contributed by atoms with Crippen molar-refractivity contribution >= 4 is 11.8 Å². The van der Waals surface area contributed by atoms with E-state index in [4.69, 9.17) is 0 Å². The van der Waals surface area contributed by atoms with Crippen molar-refractivity contribution in [3.8, 4) is 0 Å². The molecule has 0 atom stereocenters. The third-order valence-corrected chi connectivity index (χ3v) is 6.82. The summed E-state index contributed by atoms with van der Waals surface area (Å²) in [5.41, 5.74) is 0. The summed E-state index contributed by atoms with van der Waals surface area (Å²) in [5, 5.41) is 0. The van der Waals surface area contributed by atoms with Crippen molar-refractivity contribution < 1.29 is 9.59 Å². The van der Waals surface area contributed by atoms with E-state index in [2.05, 4.69) is 51.3 Å². The SMILES string of the molecule is CCCCCCCC(=O)N(CCCC)CCCC.CCCCCCCC(=O)N(CCCC)CCCC. The van der Waals surface area contributed by atoms with E-state index < -0.39 is 0 Å². The summed E-state index contributed by atoms with van der Waals surface area (Å²) in [6.45, 7) is 17.1. The van der Waals surface area contributed by atoms with E-state index in [1.807, 2.05) is 0 Å². The fourth-order valence-corrected chi connectivity index (χ4v) is 4.19. The summed E-state index contributed by atoms with van der Waals surface area (Å²) in [7, 11) is 0. The van der Waals surface area contributed by atoms with E-state index in [-0.39, 0.29) is 0 Å². The van der Waals surface area contributed by atoms with Gasteiger partial charge < -0.3 is 9.80 Å². The molecule has 0 aromatic carbocycles. The first-order chi connectivity index (χ1) is 17.5. The van der Waals surface area contributed by atoms with Gasteiger partial charge in [0.15, 0.2) is 0 Å². The Labute approximate surface area is 227 Å². The lowest BCUT2D eigenvalue weighted by Gasteiger charge is -2.22. The summed E-state index contributed by atoms with van der Waals surface area (Å²) in [5.74, 6) is 0.766. The van der Waals surface area contributed by atoms with Crippen molar-refractivity contribution in [3.63, 3.8) is 0 Å². The number of unbranched alkanes of at least 4 members (excludes halogenated alkanes) is 12. The van der Waals surface area contributed by atoms with Crippen LogP contribution in [0.3, 0.4) is 0 Å². The number of carbonyl (C=O) groups is 2. The van der Waals surface area contributed by atoms with Crippen molar-refractivity contribution in [1.29, 1.82) is 0 Å². The lowest BCUT2D eigenvalue weighted by molar-refractivity contribution is -0.132. The Morgan fingerprint density at radius 2 is 0.611 bits per heavy atom. The second-order valence-corrected chi connectivity index (χ2v) is 10.5. The molecule has 0 aromatic heterocycles. The maximum atomic E-state index is 12.1. The van der Waals surface area contributed by atoms with Gasteiger partial charge in [-0.3, -0.25) is 9.59 Å². The van der Waals surface area contributed by atoms with Crippen LogP contribution in [0.4, 0.5) is 0 Å². The Morgan fingerprint density at radius 1 is 0.361 bits per heavy atom. The predicted molar refractivity (Wildman–Crippen MR) is 160 cm³/mol. The van der Waals surface area contributed by atoms with E-state index in [9.17, 15) is 9.59 Å². The van der Waals surface area contributed by atoms with Gasteiger partial charge in [0.05, 0.1) is 0 Å². The molecule has 0 bridgehead atoms. The molecule has 0 aliphatic rings. The second kappa shape index (κ2) is 30.2. The molecular formula is C32H66N2O2. The molecule has 0 heterocycles. The molecule has 0 N–H and O–H groups in total. The Balaban J connectivity index is 0. The second-order valence-electron chi connectivity index (χ2n) is 10.5. The van der Waals surface area contributed by atoms with Crippen LogP contribution in [0.1, 0.15) is 170 Å². The first-order valence-electron chi connectivity index (χ1n) is 16.1. The molecular weight excluding hydrogens is 444 g/mol. The minimum atomic E-state index is 0.383. The zero-order chi connectivity index (χ0) is 27.3. The van der Waals surface area contributed by atoms with Gasteiger partial charge in [0, 0.05) is 39.0 Å². The van der Waals surface area contributed by atoms with Gasteiger partial charge in [0.25, 0.3) is 0 Å². The minimum absolute atomic E-state index is 0.383. The topological polar surface area (TPSA) is 40.6 Å². The molecule has 4 nitrogen and oxygen atoms in total. The van der Waals surface area contributed by atoms with Gasteiger partial charge in [0.2, 0.25) is 11.8 Å². The zero-order valence-electron chi connectivity index (χ0n) is 25.7. The molecule has 0 aromatic rings. The summed E-state index contributed by atoms with van der Waals surface area (Å²) in [6, 6.07) is 0. The first-order valence-corrected chi connectivity index (χ1v) is 16.1. The summed E-state index contributed by atoms with van der Waals surface area (Å²) in [6.07, 6.45) is 23.1. The van der Waals surface area contributed by atoms with Gasteiger partial charge in [-0.25, -0.2) is 0 Å². The Kier molecular flexibility index (Phi) is 31.1. The van der Waals surface area contributed by atoms with Gasteiger partial charge >= 0.3 is 0 Å². The highest BCUT2D eigenvalue weighted by Gasteiger charge is 2.12. The Hall–Kier alpha value is -1.06. The van der Waals surface area contributed by atoms with E-state index >= 15 is 0 Å². The van der Waals surface area contributed by atoms with Gasteiger partial charge in [0.1, 0.15) is 0 Å². The van der Waals surface area contributed by atoms with Crippen LogP contribution in [-0.4, -0.2) is 47.8 Å². The van der Waals surface area contributed by atoms with Crippen molar-refractivity contribution in [1.82, 2.24) is 9.80 Å². The average Bonchev–Trinajstić information content (AvgIpc) is 2.88. The lowest BCUT2D eigenvalue weighted by Crippen LogP contribution is -2.32. The van der Waals surface area contributed by atoms with E-state index in [1.165, 1.54) is 77.0 Å². The molecule has 0 unspecified atom stereocenters. The molecule has 0 saturated heterocycles. The highest BCUT2D eigenvalue weighted by atomic mass is 16.2. The van der Waals surface area contributed by atoms with E-state index in [1.54, 1.807) is 0 Å². The minimum Gasteiger partial charge on any atom is -0.343 e. The molecule has 0 aliphatic carbocycles. The first kappa shape index (κ1) is 37.1. The van der Waals surface area contributed by atoms with Gasteiger partial charge in [-0.05, 0) is 38.5 Å². The maximum absolute atomic E-state index is 12.1. The van der Waals surface area contributed by atoms with Crippen molar-refractivity contribution in [2.75, 3.05) is 26.2 Å². The van der Waals surface area contributed by atoms with Crippen LogP contribution in [0.15, 0.2) is 0 Å². The highest BCUT2D eigenvalue weighted by Crippen LogP contribution is 2.10. The fourth-order valence-electron chi connectivity index (χ4n) is 4.19. The van der Waals surface area contributed by atoms with E-state index in [0.29, 0.717) is 11.8 Å². The highest BCUT2D eigenvalue weighted by molar-refractivity contribution is 5.76. The molecule has 0 fully saturated rings. The zero-order valence-corrected chi connectivity index (χ0v) is 25.7. The number of rotatable bonds is 24. The summed E-state index contributed by atoms with van der Waals surface area (Å²) < 4.78 is 0. The maximum Gasteiger partial charge on any atom is 0.222 e. The predicted octanol–water partition coefficient (Wildman–Crippen LogP) is 9.55. The Morgan fingerprint density at radius 3 is 0.861 bits per heavy atom. The summed E-state index contributed by atoms with van der Waals surface area (Å²) >= 11 is 0. The standard InChI is InChI=1S/2C16H33NO/c2*1-4-7-10-11-12-13-16(18)17(14-8-5-2)15-9-6-3/h2*4-15H2,1-3H3. The van der Waals surface area contributed by atoms with Crippen LogP contribution in [0.25, 0.3) is 0 Å². The summed E-state index contributed by atoms with van der Waals surface area (Å²) in [4.78, 5) is 28.4. The third kappa shape index (κ3) is 24.6. The molecule has 0 spiro atoms. The van der Waals surface area contributed by atoms with Crippen molar-refractivity contribution in [2.45, 2.75) is 170 Å². The molecule has 216 valence electrons. The normalized spacial score (nSPS) is 10.6. The number of amides is 2. The quantitative estimate of drug-likeness (QED) is 0.121.